The molecule has 1 atom stereocenters. The molecule has 140 valence electrons. The standard InChI is InChI=1S/C19H29N3O2.ClH/c1-15(14-20)21(2)19(24)17-10-12-22(13-11-17)18(23)9-8-16-6-4-3-5-7-16;/h3-7,15,17H,8-14,20H2,1-2H3;1H. The van der Waals surface area contributed by atoms with Crippen molar-refractivity contribution in [2.24, 2.45) is 11.7 Å². The fourth-order valence-electron chi connectivity index (χ4n) is 3.09. The summed E-state index contributed by atoms with van der Waals surface area (Å²) in [4.78, 5) is 28.5. The summed E-state index contributed by atoms with van der Waals surface area (Å²) in [6.07, 6.45) is 2.80. The third kappa shape index (κ3) is 6.01. The van der Waals surface area contributed by atoms with Crippen LogP contribution in [0.25, 0.3) is 0 Å². The number of halogens is 1. The highest BCUT2D eigenvalue weighted by molar-refractivity contribution is 5.85. The van der Waals surface area contributed by atoms with Crippen LogP contribution < -0.4 is 5.73 Å². The van der Waals surface area contributed by atoms with Gasteiger partial charge < -0.3 is 15.5 Å². The van der Waals surface area contributed by atoms with Crippen LogP contribution in [0.2, 0.25) is 0 Å². The highest BCUT2D eigenvalue weighted by Gasteiger charge is 2.30. The molecule has 1 fully saturated rings. The summed E-state index contributed by atoms with van der Waals surface area (Å²) < 4.78 is 0. The topological polar surface area (TPSA) is 66.6 Å². The van der Waals surface area contributed by atoms with E-state index in [2.05, 4.69) is 0 Å². The largest absolute Gasteiger partial charge is 0.343 e. The zero-order valence-corrected chi connectivity index (χ0v) is 16.0. The van der Waals surface area contributed by atoms with Crippen LogP contribution in [0, 0.1) is 5.92 Å². The number of amides is 2. The molecule has 1 saturated heterocycles. The SMILES string of the molecule is CC(CN)N(C)C(=O)C1CCN(C(=O)CCc2ccccc2)CC1.Cl. The van der Waals surface area contributed by atoms with E-state index < -0.39 is 0 Å². The molecule has 25 heavy (non-hydrogen) atoms. The van der Waals surface area contributed by atoms with Gasteiger partial charge >= 0.3 is 0 Å². The Hall–Kier alpha value is -1.59. The van der Waals surface area contributed by atoms with Gasteiger partial charge in [-0.3, -0.25) is 9.59 Å². The van der Waals surface area contributed by atoms with Crippen LogP contribution in [0.5, 0.6) is 0 Å². The van der Waals surface area contributed by atoms with Gasteiger partial charge in [-0.2, -0.15) is 0 Å². The lowest BCUT2D eigenvalue weighted by molar-refractivity contribution is -0.141. The smallest absolute Gasteiger partial charge is 0.225 e. The number of carbonyl (C=O) groups excluding carboxylic acids is 2. The van der Waals surface area contributed by atoms with Gasteiger partial charge in [0.15, 0.2) is 0 Å². The number of likely N-dealkylation sites (N-methyl/N-ethyl adjacent to an activating group) is 1. The fraction of sp³-hybridized carbons (Fsp3) is 0.579. The van der Waals surface area contributed by atoms with Crippen LogP contribution >= 0.6 is 12.4 Å². The number of rotatable bonds is 6. The van der Waals surface area contributed by atoms with E-state index in [0.717, 1.165) is 19.3 Å². The first-order valence-corrected chi connectivity index (χ1v) is 8.81. The molecule has 0 aromatic heterocycles. The maximum atomic E-state index is 12.5. The second kappa shape index (κ2) is 10.4. The van der Waals surface area contributed by atoms with Crippen LogP contribution in [0.3, 0.4) is 0 Å². The van der Waals surface area contributed by atoms with Gasteiger partial charge in [0, 0.05) is 45.1 Å². The predicted molar refractivity (Wildman–Crippen MR) is 103 cm³/mol. The molecule has 2 rings (SSSR count). The van der Waals surface area contributed by atoms with Crippen molar-refractivity contribution in [2.75, 3.05) is 26.7 Å². The van der Waals surface area contributed by atoms with E-state index in [0.29, 0.717) is 26.1 Å². The summed E-state index contributed by atoms with van der Waals surface area (Å²) in [5, 5.41) is 0. The molecule has 0 saturated carbocycles. The van der Waals surface area contributed by atoms with E-state index in [1.54, 1.807) is 4.90 Å². The van der Waals surface area contributed by atoms with Gasteiger partial charge in [-0.1, -0.05) is 30.3 Å². The first kappa shape index (κ1) is 21.5. The average Bonchev–Trinajstić information content (AvgIpc) is 2.65. The highest BCUT2D eigenvalue weighted by atomic mass is 35.5. The number of piperidine rings is 1. The molecule has 1 aliphatic rings. The number of likely N-dealkylation sites (tertiary alicyclic amines) is 1. The van der Waals surface area contributed by atoms with Crippen molar-refractivity contribution in [3.8, 4) is 0 Å². The number of hydrogen-bond acceptors (Lipinski definition) is 3. The number of nitrogens with two attached hydrogens (primary N) is 1. The minimum atomic E-state index is 0. The minimum Gasteiger partial charge on any atom is -0.343 e. The van der Waals surface area contributed by atoms with Crippen LogP contribution in [0.4, 0.5) is 0 Å². The van der Waals surface area contributed by atoms with Crippen molar-refractivity contribution in [1.29, 1.82) is 0 Å². The zero-order valence-electron chi connectivity index (χ0n) is 15.2. The molecule has 1 unspecified atom stereocenters. The molecular weight excluding hydrogens is 338 g/mol. The average molecular weight is 368 g/mol. The molecule has 2 N–H and O–H groups in total. The normalized spacial score (nSPS) is 16.0. The Kier molecular flexibility index (Phi) is 8.93. The molecule has 6 heteroatoms. The summed E-state index contributed by atoms with van der Waals surface area (Å²) in [5.41, 5.74) is 6.82. The van der Waals surface area contributed by atoms with E-state index in [1.165, 1.54) is 5.56 Å². The molecule has 1 aromatic carbocycles. The van der Waals surface area contributed by atoms with Crippen molar-refractivity contribution in [3.05, 3.63) is 35.9 Å². The number of nitrogens with zero attached hydrogens (tertiary/aromatic N) is 2. The number of hydrogen-bond donors (Lipinski definition) is 1. The molecule has 1 aromatic rings. The van der Waals surface area contributed by atoms with E-state index in [9.17, 15) is 9.59 Å². The maximum absolute atomic E-state index is 12.5. The Balaban J connectivity index is 0.00000312. The molecular formula is C19H30ClN3O2. The molecule has 0 radical (unpaired) electrons. The van der Waals surface area contributed by atoms with Crippen molar-refractivity contribution < 1.29 is 9.59 Å². The Morgan fingerprint density at radius 1 is 1.24 bits per heavy atom. The van der Waals surface area contributed by atoms with Crippen molar-refractivity contribution in [1.82, 2.24) is 9.80 Å². The summed E-state index contributed by atoms with van der Waals surface area (Å²) in [6.45, 7) is 3.78. The Morgan fingerprint density at radius 3 is 2.40 bits per heavy atom. The Morgan fingerprint density at radius 2 is 1.84 bits per heavy atom. The van der Waals surface area contributed by atoms with Gasteiger partial charge in [0.2, 0.25) is 11.8 Å². The van der Waals surface area contributed by atoms with Crippen LogP contribution in [-0.4, -0.2) is 54.3 Å². The highest BCUT2D eigenvalue weighted by Crippen LogP contribution is 2.21. The molecule has 0 aliphatic carbocycles. The third-order valence-corrected chi connectivity index (χ3v) is 5.02. The lowest BCUT2D eigenvalue weighted by Gasteiger charge is -2.34. The summed E-state index contributed by atoms with van der Waals surface area (Å²) >= 11 is 0. The first-order valence-electron chi connectivity index (χ1n) is 8.81. The lowest BCUT2D eigenvalue weighted by atomic mass is 9.94. The molecule has 0 spiro atoms. The fourth-order valence-corrected chi connectivity index (χ4v) is 3.09. The van der Waals surface area contributed by atoms with Crippen LogP contribution in [0.15, 0.2) is 30.3 Å². The van der Waals surface area contributed by atoms with E-state index >= 15 is 0 Å². The van der Waals surface area contributed by atoms with Gasteiger partial charge in [0.05, 0.1) is 0 Å². The van der Waals surface area contributed by atoms with Crippen molar-refractivity contribution >= 4 is 24.2 Å². The molecule has 2 amide bonds. The quantitative estimate of drug-likeness (QED) is 0.837. The van der Waals surface area contributed by atoms with Gasteiger partial charge in [-0.05, 0) is 31.7 Å². The van der Waals surface area contributed by atoms with Crippen LogP contribution in [-0.2, 0) is 16.0 Å². The molecule has 1 heterocycles. The van der Waals surface area contributed by atoms with Gasteiger partial charge in [-0.15, -0.1) is 12.4 Å². The minimum absolute atomic E-state index is 0. The molecule has 5 nitrogen and oxygen atoms in total. The molecule has 1 aliphatic heterocycles. The van der Waals surface area contributed by atoms with E-state index in [-0.39, 0.29) is 36.2 Å². The van der Waals surface area contributed by atoms with Gasteiger partial charge in [-0.25, -0.2) is 0 Å². The number of benzene rings is 1. The van der Waals surface area contributed by atoms with E-state index in [4.69, 9.17) is 5.73 Å². The summed E-state index contributed by atoms with van der Waals surface area (Å²) in [7, 11) is 1.82. The van der Waals surface area contributed by atoms with E-state index in [1.807, 2.05) is 49.2 Å². The van der Waals surface area contributed by atoms with Gasteiger partial charge in [0.25, 0.3) is 0 Å². The molecule has 0 bridgehead atoms. The monoisotopic (exact) mass is 367 g/mol. The maximum Gasteiger partial charge on any atom is 0.225 e. The number of aryl methyl sites for hydroxylation is 1. The Bertz CT molecular complexity index is 545. The Labute approximate surface area is 157 Å². The second-order valence-corrected chi connectivity index (χ2v) is 6.67. The third-order valence-electron chi connectivity index (χ3n) is 5.02. The van der Waals surface area contributed by atoms with Crippen molar-refractivity contribution in [2.45, 2.75) is 38.6 Å². The number of carbonyl (C=O) groups is 2. The second-order valence-electron chi connectivity index (χ2n) is 6.67. The van der Waals surface area contributed by atoms with Crippen LogP contribution in [0.1, 0.15) is 31.7 Å². The van der Waals surface area contributed by atoms with Gasteiger partial charge in [0.1, 0.15) is 0 Å². The zero-order chi connectivity index (χ0) is 17.5. The van der Waals surface area contributed by atoms with Crippen molar-refractivity contribution in [3.63, 3.8) is 0 Å². The predicted octanol–water partition coefficient (Wildman–Crippen LogP) is 2.09. The summed E-state index contributed by atoms with van der Waals surface area (Å²) in [5.74, 6) is 0.361. The summed E-state index contributed by atoms with van der Waals surface area (Å²) in [6, 6.07) is 10.1. The first-order chi connectivity index (χ1) is 11.5. The lowest BCUT2D eigenvalue weighted by Crippen LogP contribution is -2.47.